The van der Waals surface area contributed by atoms with E-state index < -0.39 is 0 Å². The van der Waals surface area contributed by atoms with Gasteiger partial charge >= 0.3 is 5.97 Å². The Labute approximate surface area is 122 Å². The van der Waals surface area contributed by atoms with Crippen molar-refractivity contribution in [3.63, 3.8) is 0 Å². The van der Waals surface area contributed by atoms with Crippen LogP contribution in [0.5, 0.6) is 0 Å². The van der Waals surface area contributed by atoms with E-state index in [9.17, 15) is 4.79 Å². The van der Waals surface area contributed by atoms with Gasteiger partial charge in [0.2, 0.25) is 11.9 Å². The van der Waals surface area contributed by atoms with Gasteiger partial charge in [-0.05, 0) is 19.8 Å². The molecule has 0 aromatic carbocycles. The molecule has 20 heavy (non-hydrogen) atoms. The number of anilines is 2. The van der Waals surface area contributed by atoms with Crippen molar-refractivity contribution in [1.82, 2.24) is 15.0 Å². The van der Waals surface area contributed by atoms with Gasteiger partial charge in [-0.3, -0.25) is 4.79 Å². The zero-order valence-corrected chi connectivity index (χ0v) is 12.6. The number of carbonyl (C=O) groups excluding carboxylic acids is 1. The number of nitrogens with one attached hydrogen (secondary N) is 1. The first-order valence-electron chi connectivity index (χ1n) is 6.67. The number of esters is 1. The molecule has 1 N–H and O–H groups in total. The number of rotatable bonds is 6. The van der Waals surface area contributed by atoms with Gasteiger partial charge in [0, 0.05) is 19.6 Å². The van der Waals surface area contributed by atoms with E-state index in [-0.39, 0.29) is 11.7 Å². The Kier molecular flexibility index (Phi) is 5.40. The molecule has 2 rings (SSSR count). The summed E-state index contributed by atoms with van der Waals surface area (Å²) in [5.74, 6) is 1.15. The minimum absolute atomic E-state index is 0.200. The fourth-order valence-corrected chi connectivity index (χ4v) is 2.55. The maximum atomic E-state index is 11.2. The van der Waals surface area contributed by atoms with Gasteiger partial charge in [0.05, 0.1) is 12.9 Å². The van der Waals surface area contributed by atoms with Crippen LogP contribution in [0.2, 0.25) is 0 Å². The van der Waals surface area contributed by atoms with Gasteiger partial charge in [0.15, 0.2) is 5.16 Å². The van der Waals surface area contributed by atoms with E-state index >= 15 is 0 Å². The highest BCUT2D eigenvalue weighted by molar-refractivity contribution is 7.99. The van der Waals surface area contributed by atoms with Crippen molar-refractivity contribution in [1.29, 1.82) is 0 Å². The van der Waals surface area contributed by atoms with Crippen molar-refractivity contribution in [3.8, 4) is 0 Å². The van der Waals surface area contributed by atoms with Gasteiger partial charge in [0.1, 0.15) is 0 Å². The molecule has 0 bridgehead atoms. The Morgan fingerprint density at radius 2 is 2.10 bits per heavy atom. The van der Waals surface area contributed by atoms with Gasteiger partial charge in [-0.25, -0.2) is 0 Å². The molecule has 8 heteroatoms. The molecule has 1 fully saturated rings. The summed E-state index contributed by atoms with van der Waals surface area (Å²) in [6, 6.07) is 0. The van der Waals surface area contributed by atoms with E-state index in [1.807, 2.05) is 6.92 Å². The molecule has 0 spiro atoms. The predicted octanol–water partition coefficient (Wildman–Crippen LogP) is 1.17. The average molecular weight is 297 g/mol. The molecular formula is C12H19N5O2S. The number of hydrogen-bond donors (Lipinski definition) is 1. The molecule has 0 unspecified atom stereocenters. The van der Waals surface area contributed by atoms with E-state index in [1.165, 1.54) is 18.9 Å². The topological polar surface area (TPSA) is 80.2 Å². The SMILES string of the molecule is CCNc1nc(SCC(=O)OC)nc(N2CCCC2)n1. The largest absolute Gasteiger partial charge is 0.468 e. The third-order valence-corrected chi connectivity index (χ3v) is 3.69. The van der Waals surface area contributed by atoms with Crippen LogP contribution in [0.15, 0.2) is 5.16 Å². The third-order valence-electron chi connectivity index (χ3n) is 2.87. The lowest BCUT2D eigenvalue weighted by molar-refractivity contribution is -0.137. The number of thioether (sulfide) groups is 1. The van der Waals surface area contributed by atoms with Crippen LogP contribution in [-0.4, -0.2) is 53.4 Å². The minimum atomic E-state index is -0.289. The van der Waals surface area contributed by atoms with E-state index in [2.05, 4.69) is 29.9 Å². The van der Waals surface area contributed by atoms with E-state index in [4.69, 9.17) is 0 Å². The summed E-state index contributed by atoms with van der Waals surface area (Å²) in [7, 11) is 1.37. The number of ether oxygens (including phenoxy) is 1. The van der Waals surface area contributed by atoms with Crippen LogP contribution in [0.4, 0.5) is 11.9 Å². The molecule has 0 aliphatic carbocycles. The molecule has 0 saturated carbocycles. The van der Waals surface area contributed by atoms with Crippen LogP contribution in [0.1, 0.15) is 19.8 Å². The van der Waals surface area contributed by atoms with Crippen LogP contribution in [0, 0.1) is 0 Å². The van der Waals surface area contributed by atoms with Gasteiger partial charge < -0.3 is 15.0 Å². The second kappa shape index (κ2) is 7.28. The molecule has 1 aromatic heterocycles. The monoisotopic (exact) mass is 297 g/mol. The van der Waals surface area contributed by atoms with Crippen molar-refractivity contribution < 1.29 is 9.53 Å². The molecule has 2 heterocycles. The highest BCUT2D eigenvalue weighted by atomic mass is 32.2. The number of carbonyl (C=O) groups is 1. The van der Waals surface area contributed by atoms with E-state index in [0.29, 0.717) is 17.1 Å². The molecule has 1 saturated heterocycles. The normalized spacial score (nSPS) is 14.4. The van der Waals surface area contributed by atoms with Crippen molar-refractivity contribution in [2.45, 2.75) is 24.9 Å². The second-order valence-electron chi connectivity index (χ2n) is 4.33. The molecule has 1 aliphatic rings. The molecule has 0 amide bonds. The smallest absolute Gasteiger partial charge is 0.316 e. The Balaban J connectivity index is 2.14. The predicted molar refractivity (Wildman–Crippen MR) is 78.2 cm³/mol. The summed E-state index contributed by atoms with van der Waals surface area (Å²) in [5.41, 5.74) is 0. The lowest BCUT2D eigenvalue weighted by atomic mass is 10.4. The summed E-state index contributed by atoms with van der Waals surface area (Å²) >= 11 is 1.26. The number of hydrogen-bond acceptors (Lipinski definition) is 8. The highest BCUT2D eigenvalue weighted by Gasteiger charge is 2.17. The summed E-state index contributed by atoms with van der Waals surface area (Å²) < 4.78 is 4.62. The van der Waals surface area contributed by atoms with Crippen molar-refractivity contribution in [3.05, 3.63) is 0 Å². The molecular weight excluding hydrogens is 278 g/mol. The first kappa shape index (κ1) is 14.8. The van der Waals surface area contributed by atoms with Crippen LogP contribution in [0.3, 0.4) is 0 Å². The summed E-state index contributed by atoms with van der Waals surface area (Å²) in [4.78, 5) is 26.5. The molecule has 0 radical (unpaired) electrons. The molecule has 0 atom stereocenters. The summed E-state index contributed by atoms with van der Waals surface area (Å²) in [6.45, 7) is 4.67. The first-order valence-corrected chi connectivity index (χ1v) is 7.66. The van der Waals surface area contributed by atoms with Crippen molar-refractivity contribution in [2.75, 3.05) is 42.7 Å². The van der Waals surface area contributed by atoms with Gasteiger partial charge in [-0.1, -0.05) is 11.8 Å². The number of aromatic nitrogens is 3. The minimum Gasteiger partial charge on any atom is -0.468 e. The lowest BCUT2D eigenvalue weighted by Crippen LogP contribution is -2.22. The fourth-order valence-electron chi connectivity index (χ4n) is 1.89. The Bertz CT molecular complexity index is 465. The highest BCUT2D eigenvalue weighted by Crippen LogP contribution is 2.21. The quantitative estimate of drug-likeness (QED) is 0.619. The molecule has 1 aliphatic heterocycles. The van der Waals surface area contributed by atoms with Crippen molar-refractivity contribution >= 4 is 29.6 Å². The standard InChI is InChI=1S/C12H19N5O2S/c1-3-13-10-14-11(17-6-4-5-7-17)16-12(15-10)20-8-9(18)19-2/h3-8H2,1-2H3,(H,13,14,15,16). The molecule has 110 valence electrons. The fraction of sp³-hybridized carbons (Fsp3) is 0.667. The molecule has 7 nitrogen and oxygen atoms in total. The van der Waals surface area contributed by atoms with Crippen LogP contribution >= 0.6 is 11.8 Å². The first-order chi connectivity index (χ1) is 9.72. The van der Waals surface area contributed by atoms with Crippen molar-refractivity contribution in [2.24, 2.45) is 0 Å². The maximum absolute atomic E-state index is 11.2. The van der Waals surface area contributed by atoms with E-state index in [1.54, 1.807) is 0 Å². The lowest BCUT2D eigenvalue weighted by Gasteiger charge is -2.16. The Morgan fingerprint density at radius 3 is 2.75 bits per heavy atom. The second-order valence-corrected chi connectivity index (χ2v) is 5.27. The third kappa shape index (κ3) is 3.96. The average Bonchev–Trinajstić information content (AvgIpc) is 2.99. The number of methoxy groups -OCH3 is 1. The van der Waals surface area contributed by atoms with Gasteiger partial charge in [0.25, 0.3) is 0 Å². The summed E-state index contributed by atoms with van der Waals surface area (Å²) in [6.07, 6.45) is 2.32. The van der Waals surface area contributed by atoms with Crippen LogP contribution in [-0.2, 0) is 9.53 Å². The summed E-state index contributed by atoms with van der Waals surface area (Å²) in [5, 5.41) is 3.64. The van der Waals surface area contributed by atoms with Crippen LogP contribution < -0.4 is 10.2 Å². The number of nitrogens with zero attached hydrogens (tertiary/aromatic N) is 4. The van der Waals surface area contributed by atoms with Gasteiger partial charge in [-0.2, -0.15) is 15.0 Å². The maximum Gasteiger partial charge on any atom is 0.316 e. The zero-order valence-electron chi connectivity index (χ0n) is 11.8. The molecule has 1 aromatic rings. The van der Waals surface area contributed by atoms with Gasteiger partial charge in [-0.15, -0.1) is 0 Å². The Hall–Kier alpha value is -1.57. The zero-order chi connectivity index (χ0) is 14.4. The van der Waals surface area contributed by atoms with Crippen LogP contribution in [0.25, 0.3) is 0 Å². The van der Waals surface area contributed by atoms with E-state index in [0.717, 1.165) is 32.5 Å². The Morgan fingerprint density at radius 1 is 1.35 bits per heavy atom.